The minimum atomic E-state index is -4.25. The Morgan fingerprint density at radius 1 is 0.976 bits per heavy atom. The summed E-state index contributed by atoms with van der Waals surface area (Å²) in [5.41, 5.74) is 0.834. The first-order chi connectivity index (χ1) is 19.7. The molecule has 1 N–H and O–H groups in total. The number of sulfonamides is 1. The highest BCUT2D eigenvalue weighted by Crippen LogP contribution is 2.34. The third kappa shape index (κ3) is 7.96. The number of amides is 2. The molecule has 0 spiro atoms. The summed E-state index contributed by atoms with van der Waals surface area (Å²) in [6.45, 7) is 8.39. The van der Waals surface area contributed by atoms with Crippen LogP contribution in [0.25, 0.3) is 0 Å². The molecule has 42 heavy (non-hydrogen) atoms. The molecule has 226 valence electrons. The van der Waals surface area contributed by atoms with E-state index in [1.54, 1.807) is 61.5 Å². The number of anilines is 1. The van der Waals surface area contributed by atoms with Crippen molar-refractivity contribution in [2.24, 2.45) is 0 Å². The Bertz CT molecular complexity index is 1510. The second kappa shape index (κ2) is 13.8. The fraction of sp³-hybridized carbons (Fsp3) is 0.355. The highest BCUT2D eigenvalue weighted by Gasteiger charge is 2.36. The lowest BCUT2D eigenvalue weighted by Gasteiger charge is -2.35. The number of nitrogens with one attached hydrogen (secondary N) is 1. The van der Waals surface area contributed by atoms with Gasteiger partial charge in [-0.05, 0) is 76.1 Å². The fourth-order valence-electron chi connectivity index (χ4n) is 4.45. The van der Waals surface area contributed by atoms with Gasteiger partial charge in [0.05, 0.1) is 17.7 Å². The predicted molar refractivity (Wildman–Crippen MR) is 168 cm³/mol. The van der Waals surface area contributed by atoms with Crippen molar-refractivity contribution >= 4 is 50.7 Å². The van der Waals surface area contributed by atoms with Gasteiger partial charge >= 0.3 is 0 Å². The summed E-state index contributed by atoms with van der Waals surface area (Å²) >= 11 is 13.0. The van der Waals surface area contributed by atoms with Crippen molar-refractivity contribution in [3.63, 3.8) is 0 Å². The lowest BCUT2D eigenvalue weighted by Crippen LogP contribution is -2.55. The smallest absolute Gasteiger partial charge is 0.264 e. The van der Waals surface area contributed by atoms with E-state index in [-0.39, 0.29) is 35.2 Å². The van der Waals surface area contributed by atoms with Gasteiger partial charge < -0.3 is 15.0 Å². The first-order valence-electron chi connectivity index (χ1n) is 13.5. The average Bonchev–Trinajstić information content (AvgIpc) is 2.92. The number of carbonyl (C=O) groups excluding carboxylic acids is 2. The van der Waals surface area contributed by atoms with Gasteiger partial charge in [0.1, 0.15) is 18.3 Å². The molecule has 0 aromatic heterocycles. The largest absolute Gasteiger partial charge is 0.495 e. The van der Waals surface area contributed by atoms with Gasteiger partial charge in [-0.2, -0.15) is 0 Å². The molecule has 0 heterocycles. The molecule has 1 atom stereocenters. The van der Waals surface area contributed by atoms with Crippen LogP contribution in [0.15, 0.2) is 71.6 Å². The third-order valence-electron chi connectivity index (χ3n) is 6.49. The number of nitrogens with zero attached hydrogens (tertiary/aromatic N) is 2. The monoisotopic (exact) mass is 633 g/mol. The molecule has 0 saturated heterocycles. The molecule has 8 nitrogen and oxygen atoms in total. The number of hydrogen-bond acceptors (Lipinski definition) is 5. The normalized spacial score (nSPS) is 12.4. The van der Waals surface area contributed by atoms with Crippen LogP contribution in [-0.2, 0) is 26.2 Å². The van der Waals surface area contributed by atoms with Crippen LogP contribution in [0.5, 0.6) is 5.75 Å². The lowest BCUT2D eigenvalue weighted by atomic mass is 10.1. The van der Waals surface area contributed by atoms with Crippen molar-refractivity contribution in [3.05, 3.63) is 87.9 Å². The minimum Gasteiger partial charge on any atom is -0.495 e. The zero-order valence-electron chi connectivity index (χ0n) is 24.6. The molecule has 2 amide bonds. The topological polar surface area (TPSA) is 96.0 Å². The summed E-state index contributed by atoms with van der Waals surface area (Å²) in [7, 11) is -2.82. The molecule has 3 rings (SSSR count). The molecule has 0 aliphatic rings. The van der Waals surface area contributed by atoms with Crippen LogP contribution in [0.1, 0.15) is 45.2 Å². The van der Waals surface area contributed by atoms with Crippen LogP contribution in [0.2, 0.25) is 10.0 Å². The van der Waals surface area contributed by atoms with Gasteiger partial charge in [-0.15, -0.1) is 0 Å². The highest BCUT2D eigenvalue weighted by atomic mass is 35.5. The van der Waals surface area contributed by atoms with E-state index < -0.39 is 34.1 Å². The summed E-state index contributed by atoms with van der Waals surface area (Å²) in [6, 6.07) is 16.9. The molecule has 3 aromatic rings. The maximum absolute atomic E-state index is 14.3. The van der Waals surface area contributed by atoms with E-state index in [2.05, 4.69) is 5.32 Å². The van der Waals surface area contributed by atoms with Crippen molar-refractivity contribution in [3.8, 4) is 5.75 Å². The second-order valence-corrected chi connectivity index (χ2v) is 13.6. The molecule has 11 heteroatoms. The number of ether oxygens (including phenoxy) is 1. The van der Waals surface area contributed by atoms with Gasteiger partial charge in [0.2, 0.25) is 11.8 Å². The highest BCUT2D eigenvalue weighted by molar-refractivity contribution is 7.92. The Kier molecular flexibility index (Phi) is 10.9. The van der Waals surface area contributed by atoms with Gasteiger partial charge in [0.15, 0.2) is 0 Å². The van der Waals surface area contributed by atoms with Crippen molar-refractivity contribution in [1.82, 2.24) is 10.2 Å². The van der Waals surface area contributed by atoms with Crippen LogP contribution in [0.4, 0.5) is 5.69 Å². The van der Waals surface area contributed by atoms with E-state index >= 15 is 0 Å². The Labute approximate surface area is 258 Å². The van der Waals surface area contributed by atoms with Gasteiger partial charge in [-0.3, -0.25) is 13.9 Å². The standard InChI is InChI=1S/C31H37Cl2N3O5S/c1-7-26(30(38)34-31(3,4)5)35(19-23-24(32)14-11-15-25(23)33)29(37)20-36(27-18-21(2)16-17-28(27)41-6)42(39,40)22-12-9-8-10-13-22/h8-18,26H,7,19-20H2,1-6H3,(H,34,38)/t26-/m1/s1. The average molecular weight is 635 g/mol. The van der Waals surface area contributed by atoms with Gasteiger partial charge in [-0.1, -0.05) is 60.5 Å². The van der Waals surface area contributed by atoms with E-state index in [1.165, 1.54) is 24.1 Å². The number of rotatable bonds is 11. The number of carbonyl (C=O) groups is 2. The van der Waals surface area contributed by atoms with Gasteiger partial charge in [0.25, 0.3) is 10.0 Å². The molecule has 0 radical (unpaired) electrons. The molecule has 0 fully saturated rings. The quantitative estimate of drug-likeness (QED) is 0.270. The molecule has 0 aliphatic carbocycles. The van der Waals surface area contributed by atoms with Crippen molar-refractivity contribution in [1.29, 1.82) is 0 Å². The van der Waals surface area contributed by atoms with Crippen LogP contribution in [0, 0.1) is 6.92 Å². The van der Waals surface area contributed by atoms with E-state index in [9.17, 15) is 18.0 Å². The minimum absolute atomic E-state index is 0.000394. The molecule has 0 aliphatic heterocycles. The van der Waals surface area contributed by atoms with Crippen LogP contribution in [0.3, 0.4) is 0 Å². The Balaban J connectivity index is 2.17. The van der Waals surface area contributed by atoms with Crippen molar-refractivity contribution in [2.75, 3.05) is 18.0 Å². The number of halogens is 2. The van der Waals surface area contributed by atoms with Gasteiger partial charge in [0, 0.05) is 27.7 Å². The first kappa shape index (κ1) is 33.2. The van der Waals surface area contributed by atoms with Gasteiger partial charge in [-0.25, -0.2) is 8.42 Å². The van der Waals surface area contributed by atoms with Crippen LogP contribution in [-0.4, -0.2) is 50.4 Å². The lowest BCUT2D eigenvalue weighted by molar-refractivity contribution is -0.141. The molecular weight excluding hydrogens is 597 g/mol. The zero-order valence-corrected chi connectivity index (χ0v) is 27.0. The maximum atomic E-state index is 14.3. The maximum Gasteiger partial charge on any atom is 0.264 e. The number of methoxy groups -OCH3 is 1. The van der Waals surface area contributed by atoms with Crippen LogP contribution < -0.4 is 14.4 Å². The summed E-state index contributed by atoms with van der Waals surface area (Å²) in [5, 5.41) is 3.58. The van der Waals surface area contributed by atoms with Crippen LogP contribution >= 0.6 is 23.2 Å². The zero-order chi connectivity index (χ0) is 31.2. The summed E-state index contributed by atoms with van der Waals surface area (Å²) in [4.78, 5) is 29.1. The SMILES string of the molecule is CC[C@H](C(=O)NC(C)(C)C)N(Cc1c(Cl)cccc1Cl)C(=O)CN(c1cc(C)ccc1OC)S(=O)(=O)c1ccccc1. The molecule has 3 aromatic carbocycles. The number of aryl methyl sites for hydroxylation is 1. The summed E-state index contributed by atoms with van der Waals surface area (Å²) < 4.78 is 34.7. The molecule has 0 saturated carbocycles. The molecule has 0 bridgehead atoms. The summed E-state index contributed by atoms with van der Waals surface area (Å²) in [5.74, 6) is -0.733. The van der Waals surface area contributed by atoms with Crippen molar-refractivity contribution in [2.45, 2.75) is 64.1 Å². The molecule has 0 unspecified atom stereocenters. The Hall–Kier alpha value is -3.27. The number of hydrogen-bond donors (Lipinski definition) is 1. The third-order valence-corrected chi connectivity index (χ3v) is 8.97. The molecular formula is C31H37Cl2N3O5S. The first-order valence-corrected chi connectivity index (χ1v) is 15.7. The number of benzene rings is 3. The van der Waals surface area contributed by atoms with E-state index in [0.717, 1.165) is 9.87 Å². The van der Waals surface area contributed by atoms with E-state index in [4.69, 9.17) is 27.9 Å². The second-order valence-electron chi connectivity index (χ2n) is 10.9. The van der Waals surface area contributed by atoms with E-state index in [1.807, 2.05) is 27.7 Å². The fourth-order valence-corrected chi connectivity index (χ4v) is 6.41. The van der Waals surface area contributed by atoms with E-state index in [0.29, 0.717) is 15.6 Å². The predicted octanol–water partition coefficient (Wildman–Crippen LogP) is 6.23. The summed E-state index contributed by atoms with van der Waals surface area (Å²) in [6.07, 6.45) is 0.259. The Morgan fingerprint density at radius 2 is 1.60 bits per heavy atom. The van der Waals surface area contributed by atoms with Crippen molar-refractivity contribution < 1.29 is 22.7 Å². The Morgan fingerprint density at radius 3 is 2.14 bits per heavy atom.